The Morgan fingerprint density at radius 1 is 1.26 bits per heavy atom. The molecular weight excluding hydrogens is 262 g/mol. The monoisotopic (exact) mass is 277 g/mol. The minimum atomic E-state index is 0.713. The van der Waals surface area contributed by atoms with Crippen molar-refractivity contribution in [2.45, 2.75) is 17.1 Å². The molecule has 0 spiro atoms. The normalized spacial score (nSPS) is 14.2. The first-order chi connectivity index (χ1) is 9.33. The van der Waals surface area contributed by atoms with Gasteiger partial charge in [0.1, 0.15) is 12.2 Å². The Balaban J connectivity index is 1.72. The number of thioether (sulfide) groups is 1. The molecule has 0 N–H and O–H groups in total. The highest BCUT2D eigenvalue weighted by molar-refractivity contribution is 7.98. The Morgan fingerprint density at radius 3 is 2.89 bits per heavy atom. The Morgan fingerprint density at radius 2 is 2.11 bits per heavy atom. The molecule has 0 unspecified atom stereocenters. The van der Waals surface area contributed by atoms with Crippen molar-refractivity contribution in [3.63, 3.8) is 0 Å². The average Bonchev–Trinajstić information content (AvgIpc) is 2.70. The summed E-state index contributed by atoms with van der Waals surface area (Å²) >= 11 is 1.71. The highest BCUT2D eigenvalue weighted by Gasteiger charge is 2.11. The molecule has 2 heterocycles. The van der Waals surface area contributed by atoms with Crippen LogP contribution in [-0.4, -0.2) is 28.0 Å². The minimum Gasteiger partial charge on any atom is -0.490 e. The topological polar surface area (TPSA) is 49.2 Å². The molecule has 100 valence electrons. The lowest BCUT2D eigenvalue weighted by Gasteiger charge is -2.08. The van der Waals surface area contributed by atoms with Gasteiger partial charge in [-0.15, -0.1) is 22.0 Å². The molecule has 0 radical (unpaired) electrons. The van der Waals surface area contributed by atoms with Gasteiger partial charge in [-0.3, -0.25) is 0 Å². The summed E-state index contributed by atoms with van der Waals surface area (Å²) in [5.74, 6) is 3.41. The van der Waals surface area contributed by atoms with Crippen LogP contribution in [0.5, 0.6) is 11.5 Å². The first-order valence-electron chi connectivity index (χ1n) is 6.18. The molecule has 0 amide bonds. The van der Waals surface area contributed by atoms with Crippen molar-refractivity contribution >= 4 is 11.8 Å². The number of hydrogen-bond acceptors (Lipinski definition) is 5. The van der Waals surface area contributed by atoms with E-state index in [1.165, 1.54) is 0 Å². The van der Waals surface area contributed by atoms with Crippen LogP contribution in [0.1, 0.15) is 12.2 Å². The summed E-state index contributed by atoms with van der Waals surface area (Å²) in [6.45, 7) is 1.43. The predicted octanol–water partition coefficient (Wildman–Crippen LogP) is 2.27. The van der Waals surface area contributed by atoms with E-state index in [1.54, 1.807) is 18.1 Å². The summed E-state index contributed by atoms with van der Waals surface area (Å²) in [5.41, 5.74) is 0. The molecule has 0 aliphatic carbocycles. The Kier molecular flexibility index (Phi) is 3.59. The van der Waals surface area contributed by atoms with Crippen molar-refractivity contribution in [3.05, 3.63) is 30.4 Å². The van der Waals surface area contributed by atoms with Crippen molar-refractivity contribution in [2.24, 2.45) is 7.05 Å². The maximum Gasteiger partial charge on any atom is 0.162 e. The van der Waals surface area contributed by atoms with Crippen LogP contribution in [-0.2, 0) is 12.8 Å². The number of ether oxygens (including phenoxy) is 2. The van der Waals surface area contributed by atoms with Crippen LogP contribution in [0.2, 0.25) is 0 Å². The largest absolute Gasteiger partial charge is 0.490 e. The highest BCUT2D eigenvalue weighted by atomic mass is 32.2. The van der Waals surface area contributed by atoms with Crippen molar-refractivity contribution in [3.8, 4) is 11.5 Å². The van der Waals surface area contributed by atoms with Crippen LogP contribution >= 0.6 is 11.8 Å². The summed E-state index contributed by atoms with van der Waals surface area (Å²) in [6.07, 6.45) is 2.64. The molecule has 6 heteroatoms. The third-order valence-corrected chi connectivity index (χ3v) is 3.88. The van der Waals surface area contributed by atoms with Gasteiger partial charge in [0.25, 0.3) is 0 Å². The van der Waals surface area contributed by atoms with E-state index in [0.29, 0.717) is 6.61 Å². The van der Waals surface area contributed by atoms with Crippen LogP contribution in [0, 0.1) is 0 Å². The summed E-state index contributed by atoms with van der Waals surface area (Å²) in [4.78, 5) is 1.15. The van der Waals surface area contributed by atoms with E-state index in [0.717, 1.165) is 41.0 Å². The number of nitrogens with zero attached hydrogens (tertiary/aromatic N) is 3. The van der Waals surface area contributed by atoms with Crippen LogP contribution < -0.4 is 9.47 Å². The van der Waals surface area contributed by atoms with Gasteiger partial charge in [0.05, 0.1) is 19.0 Å². The Bertz CT molecular complexity index is 571. The molecule has 0 fully saturated rings. The standard InChI is InChI=1S/C13H15N3O2S/c1-16-9-14-15-13(16)8-19-10-3-4-11-12(7-10)18-6-2-5-17-11/h3-4,7,9H,2,5-6,8H2,1H3. The van der Waals surface area contributed by atoms with Gasteiger partial charge in [0.2, 0.25) is 0 Å². The second kappa shape index (κ2) is 5.52. The van der Waals surface area contributed by atoms with Gasteiger partial charge in [-0.1, -0.05) is 0 Å². The fourth-order valence-corrected chi connectivity index (χ4v) is 2.73. The molecular formula is C13H15N3O2S. The number of fused-ring (bicyclic) bond motifs is 1. The second-order valence-corrected chi connectivity index (χ2v) is 5.35. The van der Waals surface area contributed by atoms with E-state index in [9.17, 15) is 0 Å². The third-order valence-electron chi connectivity index (χ3n) is 2.89. The Hall–Kier alpha value is -1.69. The molecule has 1 aromatic carbocycles. The van der Waals surface area contributed by atoms with Gasteiger partial charge in [-0.05, 0) is 18.2 Å². The maximum absolute atomic E-state index is 5.68. The molecule has 1 aliphatic rings. The van der Waals surface area contributed by atoms with E-state index in [4.69, 9.17) is 9.47 Å². The van der Waals surface area contributed by atoms with Crippen LogP contribution in [0.25, 0.3) is 0 Å². The molecule has 1 aromatic heterocycles. The molecule has 0 saturated heterocycles. The summed E-state index contributed by atoms with van der Waals surface area (Å²) < 4.78 is 13.2. The SMILES string of the molecule is Cn1cnnc1CSc1ccc2c(c1)OCCCO2. The number of aromatic nitrogens is 3. The lowest BCUT2D eigenvalue weighted by Crippen LogP contribution is -1.97. The van der Waals surface area contributed by atoms with Gasteiger partial charge >= 0.3 is 0 Å². The van der Waals surface area contributed by atoms with Gasteiger partial charge < -0.3 is 14.0 Å². The van der Waals surface area contributed by atoms with Crippen molar-refractivity contribution in [2.75, 3.05) is 13.2 Å². The van der Waals surface area contributed by atoms with Crippen molar-refractivity contribution in [1.82, 2.24) is 14.8 Å². The van der Waals surface area contributed by atoms with Gasteiger partial charge in [0, 0.05) is 18.4 Å². The Labute approximate surface area is 115 Å². The fraction of sp³-hybridized carbons (Fsp3) is 0.385. The zero-order valence-corrected chi connectivity index (χ0v) is 11.5. The first kappa shape index (κ1) is 12.3. The van der Waals surface area contributed by atoms with E-state index in [1.807, 2.05) is 23.7 Å². The molecule has 0 bridgehead atoms. The first-order valence-corrected chi connectivity index (χ1v) is 7.17. The number of hydrogen-bond donors (Lipinski definition) is 0. The average molecular weight is 277 g/mol. The molecule has 5 nitrogen and oxygen atoms in total. The quantitative estimate of drug-likeness (QED) is 0.805. The summed E-state index contributed by atoms with van der Waals surface area (Å²) in [5, 5.41) is 7.94. The number of aryl methyl sites for hydroxylation is 1. The maximum atomic E-state index is 5.68. The summed E-state index contributed by atoms with van der Waals surface area (Å²) in [6, 6.07) is 6.05. The van der Waals surface area contributed by atoms with Crippen LogP contribution in [0.4, 0.5) is 0 Å². The fourth-order valence-electron chi connectivity index (χ4n) is 1.82. The number of rotatable bonds is 3. The van der Waals surface area contributed by atoms with E-state index < -0.39 is 0 Å². The lowest BCUT2D eigenvalue weighted by molar-refractivity contribution is 0.297. The van der Waals surface area contributed by atoms with Crippen molar-refractivity contribution in [1.29, 1.82) is 0 Å². The lowest BCUT2D eigenvalue weighted by atomic mass is 10.3. The van der Waals surface area contributed by atoms with E-state index in [-0.39, 0.29) is 0 Å². The molecule has 19 heavy (non-hydrogen) atoms. The van der Waals surface area contributed by atoms with Gasteiger partial charge in [-0.2, -0.15) is 0 Å². The summed E-state index contributed by atoms with van der Waals surface area (Å²) in [7, 11) is 1.95. The smallest absolute Gasteiger partial charge is 0.162 e. The van der Waals surface area contributed by atoms with Gasteiger partial charge in [-0.25, -0.2) is 0 Å². The zero-order valence-electron chi connectivity index (χ0n) is 10.7. The van der Waals surface area contributed by atoms with Gasteiger partial charge in [0.15, 0.2) is 11.5 Å². The van der Waals surface area contributed by atoms with E-state index in [2.05, 4.69) is 16.3 Å². The zero-order chi connectivity index (χ0) is 13.1. The van der Waals surface area contributed by atoms with Crippen LogP contribution in [0.15, 0.2) is 29.4 Å². The predicted molar refractivity (Wildman–Crippen MR) is 72.6 cm³/mol. The highest BCUT2D eigenvalue weighted by Crippen LogP contribution is 2.34. The molecule has 0 saturated carbocycles. The second-order valence-electron chi connectivity index (χ2n) is 4.31. The third kappa shape index (κ3) is 2.84. The molecule has 3 rings (SSSR count). The molecule has 0 atom stereocenters. The van der Waals surface area contributed by atoms with E-state index >= 15 is 0 Å². The number of benzene rings is 1. The van der Waals surface area contributed by atoms with Crippen molar-refractivity contribution < 1.29 is 9.47 Å². The van der Waals surface area contributed by atoms with Crippen LogP contribution in [0.3, 0.4) is 0 Å². The molecule has 2 aromatic rings. The molecule has 1 aliphatic heterocycles. The minimum absolute atomic E-state index is 0.713.